The van der Waals surface area contributed by atoms with Crippen molar-refractivity contribution >= 4 is 29.0 Å². The van der Waals surface area contributed by atoms with Gasteiger partial charge in [0.2, 0.25) is 11.9 Å². The van der Waals surface area contributed by atoms with Gasteiger partial charge in [0, 0.05) is 42.1 Å². The maximum atomic E-state index is 11.8. The summed E-state index contributed by atoms with van der Waals surface area (Å²) in [5, 5.41) is 6.18. The van der Waals surface area contributed by atoms with Gasteiger partial charge in [-0.15, -0.1) is 0 Å². The van der Waals surface area contributed by atoms with E-state index in [1.807, 2.05) is 37.3 Å². The van der Waals surface area contributed by atoms with Crippen molar-refractivity contribution in [2.75, 3.05) is 28.6 Å². The van der Waals surface area contributed by atoms with Gasteiger partial charge in [-0.3, -0.25) is 4.79 Å². The maximum absolute atomic E-state index is 11.8. The van der Waals surface area contributed by atoms with E-state index in [4.69, 9.17) is 0 Å². The molecule has 1 aromatic heterocycles. The molecule has 2 N–H and O–H groups in total. The fourth-order valence-electron chi connectivity index (χ4n) is 2.67. The molecule has 0 bridgehead atoms. The van der Waals surface area contributed by atoms with E-state index in [-0.39, 0.29) is 11.8 Å². The van der Waals surface area contributed by atoms with Crippen molar-refractivity contribution in [2.45, 2.75) is 33.6 Å². The Morgan fingerprint density at radius 1 is 1.12 bits per heavy atom. The van der Waals surface area contributed by atoms with E-state index in [2.05, 4.69) is 39.3 Å². The minimum atomic E-state index is 0.117. The second kappa shape index (κ2) is 7.51. The second-order valence-corrected chi connectivity index (χ2v) is 6.33. The van der Waals surface area contributed by atoms with E-state index < -0.39 is 0 Å². The fourth-order valence-corrected chi connectivity index (χ4v) is 2.67. The van der Waals surface area contributed by atoms with Crippen LogP contribution < -0.4 is 15.5 Å². The first kappa shape index (κ1) is 17.2. The van der Waals surface area contributed by atoms with Gasteiger partial charge in [0.25, 0.3) is 0 Å². The number of nitrogens with zero attached hydrogens (tertiary/aromatic N) is 3. The number of carbonyl (C=O) groups excluding carboxylic acids is 1. The Morgan fingerprint density at radius 2 is 1.76 bits per heavy atom. The first-order valence-corrected chi connectivity index (χ1v) is 8.87. The molecule has 3 rings (SSSR count). The highest BCUT2D eigenvalue weighted by Crippen LogP contribution is 2.30. The summed E-state index contributed by atoms with van der Waals surface area (Å²) < 4.78 is 0. The molecule has 2 aromatic rings. The number of aromatic nitrogens is 2. The van der Waals surface area contributed by atoms with Crippen LogP contribution in [0.2, 0.25) is 0 Å². The number of nitrogens with one attached hydrogen (secondary N) is 2. The highest BCUT2D eigenvalue weighted by molar-refractivity contribution is 5.94. The van der Waals surface area contributed by atoms with Crippen molar-refractivity contribution < 1.29 is 4.79 Å². The van der Waals surface area contributed by atoms with Crippen molar-refractivity contribution in [3.8, 4) is 0 Å². The van der Waals surface area contributed by atoms with Crippen LogP contribution in [0.15, 0.2) is 30.3 Å². The SMILES string of the molecule is CCN(CC)c1cc(C)nc(Nc2ccc(NC(=O)C3CC3)cc2)n1. The third-order valence-corrected chi connectivity index (χ3v) is 4.28. The number of amides is 1. The predicted molar refractivity (Wildman–Crippen MR) is 101 cm³/mol. The molecule has 1 saturated carbocycles. The van der Waals surface area contributed by atoms with Gasteiger partial charge in [-0.2, -0.15) is 4.98 Å². The molecular weight excluding hydrogens is 314 g/mol. The molecule has 1 aromatic carbocycles. The quantitative estimate of drug-likeness (QED) is 0.804. The number of carbonyl (C=O) groups is 1. The third-order valence-electron chi connectivity index (χ3n) is 4.28. The largest absolute Gasteiger partial charge is 0.357 e. The van der Waals surface area contributed by atoms with Crippen LogP contribution in [-0.4, -0.2) is 29.0 Å². The van der Waals surface area contributed by atoms with Gasteiger partial charge in [0.15, 0.2) is 0 Å². The molecule has 0 aliphatic heterocycles. The van der Waals surface area contributed by atoms with Crippen LogP contribution in [0, 0.1) is 12.8 Å². The highest BCUT2D eigenvalue weighted by atomic mass is 16.2. The average Bonchev–Trinajstić information content (AvgIpc) is 3.42. The minimum Gasteiger partial charge on any atom is -0.357 e. The molecule has 0 radical (unpaired) electrons. The monoisotopic (exact) mass is 339 g/mol. The van der Waals surface area contributed by atoms with Gasteiger partial charge >= 0.3 is 0 Å². The molecule has 1 aliphatic carbocycles. The van der Waals surface area contributed by atoms with E-state index in [0.717, 1.165) is 48.8 Å². The first-order chi connectivity index (χ1) is 12.1. The molecule has 25 heavy (non-hydrogen) atoms. The average molecular weight is 339 g/mol. The number of anilines is 4. The minimum absolute atomic E-state index is 0.117. The lowest BCUT2D eigenvalue weighted by atomic mass is 10.2. The van der Waals surface area contributed by atoms with E-state index in [1.165, 1.54) is 0 Å². The molecule has 6 heteroatoms. The van der Waals surface area contributed by atoms with Gasteiger partial charge in [0.05, 0.1) is 0 Å². The van der Waals surface area contributed by atoms with Crippen LogP contribution in [-0.2, 0) is 4.79 Å². The Labute approximate surface area is 148 Å². The normalized spacial score (nSPS) is 13.4. The number of aryl methyl sites for hydroxylation is 1. The molecular formula is C19H25N5O. The van der Waals surface area contributed by atoms with E-state index in [9.17, 15) is 4.79 Å². The summed E-state index contributed by atoms with van der Waals surface area (Å²) in [4.78, 5) is 23.1. The predicted octanol–water partition coefficient (Wildman–Crippen LogP) is 3.72. The van der Waals surface area contributed by atoms with Crippen molar-refractivity contribution in [2.24, 2.45) is 5.92 Å². The molecule has 132 valence electrons. The summed E-state index contributed by atoms with van der Waals surface area (Å²) >= 11 is 0. The number of hydrogen-bond acceptors (Lipinski definition) is 5. The lowest BCUT2D eigenvalue weighted by molar-refractivity contribution is -0.117. The van der Waals surface area contributed by atoms with Crippen molar-refractivity contribution in [1.29, 1.82) is 0 Å². The third kappa shape index (κ3) is 4.47. The fraction of sp³-hybridized carbons (Fsp3) is 0.421. The number of hydrogen-bond donors (Lipinski definition) is 2. The molecule has 0 unspecified atom stereocenters. The molecule has 1 amide bonds. The van der Waals surface area contributed by atoms with Crippen LogP contribution in [0.25, 0.3) is 0 Å². The highest BCUT2D eigenvalue weighted by Gasteiger charge is 2.29. The van der Waals surface area contributed by atoms with Gasteiger partial charge in [-0.05, 0) is 57.9 Å². The molecule has 0 spiro atoms. The molecule has 1 fully saturated rings. The van der Waals surface area contributed by atoms with Crippen LogP contribution in [0.5, 0.6) is 0 Å². The van der Waals surface area contributed by atoms with Crippen molar-refractivity contribution in [3.63, 3.8) is 0 Å². The first-order valence-electron chi connectivity index (χ1n) is 8.87. The topological polar surface area (TPSA) is 70.2 Å². The summed E-state index contributed by atoms with van der Waals surface area (Å²) in [5.74, 6) is 1.83. The Hall–Kier alpha value is -2.63. The Balaban J connectivity index is 1.70. The zero-order valence-electron chi connectivity index (χ0n) is 15.0. The molecule has 0 atom stereocenters. The van der Waals surface area contributed by atoms with Crippen LogP contribution in [0.1, 0.15) is 32.4 Å². The van der Waals surface area contributed by atoms with Gasteiger partial charge in [-0.25, -0.2) is 4.98 Å². The van der Waals surface area contributed by atoms with Crippen molar-refractivity contribution in [3.05, 3.63) is 36.0 Å². The summed E-state index contributed by atoms with van der Waals surface area (Å²) in [6.07, 6.45) is 2.01. The summed E-state index contributed by atoms with van der Waals surface area (Å²) in [6, 6.07) is 9.62. The zero-order valence-corrected chi connectivity index (χ0v) is 15.0. The Bertz CT molecular complexity index is 736. The molecule has 1 aliphatic rings. The summed E-state index contributed by atoms with van der Waals surface area (Å²) in [7, 11) is 0. The van der Waals surface area contributed by atoms with Gasteiger partial charge < -0.3 is 15.5 Å². The van der Waals surface area contributed by atoms with Crippen LogP contribution in [0.4, 0.5) is 23.1 Å². The van der Waals surface area contributed by atoms with Crippen molar-refractivity contribution in [1.82, 2.24) is 9.97 Å². The molecule has 6 nitrogen and oxygen atoms in total. The number of rotatable bonds is 7. The van der Waals surface area contributed by atoms with E-state index in [1.54, 1.807) is 0 Å². The van der Waals surface area contributed by atoms with Crippen LogP contribution >= 0.6 is 0 Å². The van der Waals surface area contributed by atoms with Gasteiger partial charge in [-0.1, -0.05) is 0 Å². The Kier molecular flexibility index (Phi) is 5.16. The maximum Gasteiger partial charge on any atom is 0.229 e. The second-order valence-electron chi connectivity index (χ2n) is 6.33. The smallest absolute Gasteiger partial charge is 0.229 e. The van der Waals surface area contributed by atoms with E-state index in [0.29, 0.717) is 5.95 Å². The zero-order chi connectivity index (χ0) is 17.8. The molecule has 0 saturated heterocycles. The van der Waals surface area contributed by atoms with Gasteiger partial charge in [0.1, 0.15) is 5.82 Å². The van der Waals surface area contributed by atoms with Crippen LogP contribution in [0.3, 0.4) is 0 Å². The molecule has 1 heterocycles. The lowest BCUT2D eigenvalue weighted by Crippen LogP contribution is -2.23. The number of benzene rings is 1. The summed E-state index contributed by atoms with van der Waals surface area (Å²) in [6.45, 7) is 8.01. The standard InChI is InChI=1S/C19H25N5O/c1-4-24(5-2)17-12-13(3)20-19(23-17)22-16-10-8-15(9-11-16)21-18(25)14-6-7-14/h8-12,14H,4-7H2,1-3H3,(H,21,25)(H,20,22,23). The Morgan fingerprint density at radius 3 is 2.36 bits per heavy atom. The lowest BCUT2D eigenvalue weighted by Gasteiger charge is -2.20. The summed E-state index contributed by atoms with van der Waals surface area (Å²) in [5.41, 5.74) is 2.63. The van der Waals surface area contributed by atoms with E-state index >= 15 is 0 Å².